The van der Waals surface area contributed by atoms with Crippen LogP contribution in [0.5, 0.6) is 0 Å². The predicted molar refractivity (Wildman–Crippen MR) is 121 cm³/mol. The molecule has 0 radical (unpaired) electrons. The van der Waals surface area contributed by atoms with Crippen LogP contribution >= 0.6 is 0 Å². The van der Waals surface area contributed by atoms with E-state index >= 15 is 0 Å². The Morgan fingerprint density at radius 2 is 1.57 bits per heavy atom. The number of alkyl halides is 6. The number of halogens is 7. The van der Waals surface area contributed by atoms with Gasteiger partial charge in [-0.1, -0.05) is 12.1 Å². The van der Waals surface area contributed by atoms with Gasteiger partial charge in [-0.05, 0) is 80.5 Å². The molecule has 37 heavy (non-hydrogen) atoms. The van der Waals surface area contributed by atoms with Crippen molar-refractivity contribution in [3.05, 3.63) is 70.5 Å². The average Bonchev–Trinajstić information content (AvgIpc) is 3.32. The zero-order valence-electron chi connectivity index (χ0n) is 20.1. The van der Waals surface area contributed by atoms with Gasteiger partial charge in [0.25, 0.3) is 0 Å². The molecule has 11 heteroatoms. The third kappa shape index (κ3) is 5.77. The number of benzene rings is 2. The lowest BCUT2D eigenvalue weighted by molar-refractivity contribution is -0.143. The minimum Gasteiger partial charge on any atom is -0.370 e. The SMILES string of the molecule is C[C@@H](O[C@H]1CCC([C@H]2C[C@@](C)(N)C(=O)N2)C1c1ccc(F)cc1)c1cc(C(F)(F)F)cc(C(F)(F)F)c1. The highest BCUT2D eigenvalue weighted by Gasteiger charge is 2.49. The van der Waals surface area contributed by atoms with E-state index in [-0.39, 0.29) is 29.5 Å². The normalized spacial score (nSPS) is 29.4. The molecule has 6 atom stereocenters. The molecule has 4 rings (SSSR count). The first-order valence-corrected chi connectivity index (χ1v) is 11.9. The first kappa shape index (κ1) is 27.4. The van der Waals surface area contributed by atoms with E-state index in [1.54, 1.807) is 19.1 Å². The molecule has 4 nitrogen and oxygen atoms in total. The Balaban J connectivity index is 1.65. The number of hydrogen-bond donors (Lipinski definition) is 2. The fourth-order valence-corrected chi connectivity index (χ4v) is 5.49. The van der Waals surface area contributed by atoms with Crippen LogP contribution in [0.25, 0.3) is 0 Å². The fourth-order valence-electron chi connectivity index (χ4n) is 5.49. The number of nitrogens with one attached hydrogen (secondary N) is 1. The van der Waals surface area contributed by atoms with Gasteiger partial charge in [-0.15, -0.1) is 0 Å². The number of carbonyl (C=O) groups is 1. The summed E-state index contributed by atoms with van der Waals surface area (Å²) in [5.74, 6) is -1.34. The second kappa shape index (κ2) is 9.58. The number of ether oxygens (including phenoxy) is 1. The maximum Gasteiger partial charge on any atom is 0.416 e. The van der Waals surface area contributed by atoms with Crippen LogP contribution in [-0.4, -0.2) is 23.6 Å². The van der Waals surface area contributed by atoms with Gasteiger partial charge >= 0.3 is 12.4 Å². The summed E-state index contributed by atoms with van der Waals surface area (Å²) in [6.45, 7) is 3.02. The van der Waals surface area contributed by atoms with E-state index in [0.717, 1.165) is 0 Å². The number of nitrogens with two attached hydrogens (primary N) is 1. The lowest BCUT2D eigenvalue weighted by Crippen LogP contribution is -2.43. The van der Waals surface area contributed by atoms with Crippen LogP contribution in [-0.2, 0) is 21.9 Å². The summed E-state index contributed by atoms with van der Waals surface area (Å²) >= 11 is 0. The molecule has 1 heterocycles. The Hall–Kier alpha value is -2.66. The molecule has 1 saturated heterocycles. The summed E-state index contributed by atoms with van der Waals surface area (Å²) in [5, 5.41) is 2.91. The quantitative estimate of drug-likeness (QED) is 0.457. The van der Waals surface area contributed by atoms with Crippen molar-refractivity contribution in [3.63, 3.8) is 0 Å². The van der Waals surface area contributed by atoms with Crippen LogP contribution in [0.15, 0.2) is 42.5 Å². The molecule has 1 aliphatic carbocycles. The van der Waals surface area contributed by atoms with Gasteiger partial charge in [-0.2, -0.15) is 26.3 Å². The van der Waals surface area contributed by atoms with Gasteiger partial charge in [0.15, 0.2) is 0 Å². The summed E-state index contributed by atoms with van der Waals surface area (Å²) < 4.78 is 99.9. The molecule has 3 N–H and O–H groups in total. The number of carbonyl (C=O) groups excluding carboxylic acids is 1. The minimum atomic E-state index is -4.97. The van der Waals surface area contributed by atoms with Gasteiger partial charge in [0.05, 0.1) is 28.9 Å². The van der Waals surface area contributed by atoms with Crippen molar-refractivity contribution in [2.75, 3.05) is 0 Å². The van der Waals surface area contributed by atoms with Crippen molar-refractivity contribution in [1.82, 2.24) is 5.32 Å². The van der Waals surface area contributed by atoms with Crippen LogP contribution in [0.1, 0.15) is 67.4 Å². The number of amides is 1. The summed E-state index contributed by atoms with van der Waals surface area (Å²) in [4.78, 5) is 12.3. The van der Waals surface area contributed by atoms with E-state index < -0.39 is 53.0 Å². The zero-order chi connectivity index (χ0) is 27.3. The average molecular weight is 533 g/mol. The molecule has 2 fully saturated rings. The van der Waals surface area contributed by atoms with E-state index in [4.69, 9.17) is 10.5 Å². The van der Waals surface area contributed by atoms with Crippen molar-refractivity contribution >= 4 is 5.91 Å². The first-order valence-electron chi connectivity index (χ1n) is 11.9. The summed E-state index contributed by atoms with van der Waals surface area (Å²) in [7, 11) is 0. The van der Waals surface area contributed by atoms with Crippen LogP contribution in [0.4, 0.5) is 30.7 Å². The van der Waals surface area contributed by atoms with Crippen molar-refractivity contribution in [2.24, 2.45) is 11.7 Å². The molecule has 0 spiro atoms. The molecule has 1 saturated carbocycles. The maximum absolute atomic E-state index is 13.6. The van der Waals surface area contributed by atoms with Crippen LogP contribution < -0.4 is 11.1 Å². The lowest BCUT2D eigenvalue weighted by Gasteiger charge is -2.31. The molecule has 0 bridgehead atoms. The molecule has 1 aliphatic heterocycles. The Labute approximate surface area is 209 Å². The number of rotatable bonds is 5. The first-order chi connectivity index (χ1) is 17.1. The lowest BCUT2D eigenvalue weighted by atomic mass is 9.81. The van der Waals surface area contributed by atoms with Gasteiger partial charge in [-0.25, -0.2) is 4.39 Å². The monoisotopic (exact) mass is 532 g/mol. The number of hydrogen-bond acceptors (Lipinski definition) is 3. The Morgan fingerprint density at radius 3 is 2.05 bits per heavy atom. The van der Waals surface area contributed by atoms with Crippen LogP contribution in [0.3, 0.4) is 0 Å². The summed E-state index contributed by atoms with van der Waals surface area (Å²) in [6.07, 6.45) is -10.3. The maximum atomic E-state index is 13.6. The fraction of sp³-hybridized carbons (Fsp3) is 0.500. The van der Waals surface area contributed by atoms with E-state index in [1.807, 2.05) is 0 Å². The standard InChI is InChI=1S/C26H27F7N2O2/c1-13(15-9-16(25(28,29)30)11-17(10-15)26(31,32)33)37-21-8-7-19(20-12-24(2,34)23(36)35-20)22(21)14-3-5-18(27)6-4-14/h3-6,9-11,13,19-22H,7-8,12,34H2,1-2H3,(H,35,36)/t13-,19?,20-,21+,22?,24-/m1/s1. The molecule has 2 aliphatic rings. The highest BCUT2D eigenvalue weighted by Crippen LogP contribution is 2.47. The van der Waals surface area contributed by atoms with Crippen molar-refractivity contribution in [3.8, 4) is 0 Å². The third-order valence-corrected chi connectivity index (χ3v) is 7.36. The molecule has 1 amide bonds. The van der Waals surface area contributed by atoms with E-state index in [1.165, 1.54) is 19.1 Å². The van der Waals surface area contributed by atoms with E-state index in [9.17, 15) is 35.5 Å². The zero-order valence-corrected chi connectivity index (χ0v) is 20.1. The smallest absolute Gasteiger partial charge is 0.370 e. The Morgan fingerprint density at radius 1 is 1.00 bits per heavy atom. The highest BCUT2D eigenvalue weighted by molar-refractivity contribution is 5.88. The largest absolute Gasteiger partial charge is 0.416 e. The molecular formula is C26H27F7N2O2. The Kier molecular flexibility index (Phi) is 7.09. The van der Waals surface area contributed by atoms with E-state index in [0.29, 0.717) is 37.0 Å². The van der Waals surface area contributed by atoms with Gasteiger partial charge in [-0.3, -0.25) is 4.79 Å². The second-order valence-corrected chi connectivity index (χ2v) is 10.2. The predicted octanol–water partition coefficient (Wildman–Crippen LogP) is 6.11. The molecule has 2 unspecified atom stereocenters. The molecule has 0 aromatic heterocycles. The second-order valence-electron chi connectivity index (χ2n) is 10.2. The van der Waals surface area contributed by atoms with Gasteiger partial charge in [0.1, 0.15) is 5.82 Å². The molecule has 202 valence electrons. The van der Waals surface area contributed by atoms with Gasteiger partial charge in [0.2, 0.25) is 5.91 Å². The van der Waals surface area contributed by atoms with Gasteiger partial charge in [0, 0.05) is 12.0 Å². The summed E-state index contributed by atoms with van der Waals surface area (Å²) in [6, 6.07) is 6.78. The topological polar surface area (TPSA) is 64.3 Å². The van der Waals surface area contributed by atoms with Crippen molar-refractivity contribution < 1.29 is 40.3 Å². The Bertz CT molecular complexity index is 1110. The minimum absolute atomic E-state index is 0.0791. The van der Waals surface area contributed by atoms with Crippen molar-refractivity contribution in [2.45, 2.75) is 75.2 Å². The van der Waals surface area contributed by atoms with Crippen LogP contribution in [0, 0.1) is 11.7 Å². The highest BCUT2D eigenvalue weighted by atomic mass is 19.4. The summed E-state index contributed by atoms with van der Waals surface area (Å²) in [5.41, 5.74) is 2.63. The van der Waals surface area contributed by atoms with Crippen molar-refractivity contribution in [1.29, 1.82) is 0 Å². The molecular weight excluding hydrogens is 505 g/mol. The molecule has 2 aromatic carbocycles. The third-order valence-electron chi connectivity index (χ3n) is 7.36. The van der Waals surface area contributed by atoms with Crippen LogP contribution in [0.2, 0.25) is 0 Å². The van der Waals surface area contributed by atoms with Gasteiger partial charge < -0.3 is 15.8 Å². The molecule has 2 aromatic rings. The van der Waals surface area contributed by atoms with E-state index in [2.05, 4.69) is 5.32 Å².